The molecule has 0 spiro atoms. The van der Waals surface area contributed by atoms with Crippen molar-refractivity contribution in [1.82, 2.24) is 0 Å². The second kappa shape index (κ2) is 9.39. The summed E-state index contributed by atoms with van der Waals surface area (Å²) in [5, 5.41) is 7.72. The fourth-order valence-electron chi connectivity index (χ4n) is 0. The van der Waals surface area contributed by atoms with Gasteiger partial charge in [0.05, 0.1) is 0 Å². The third kappa shape index (κ3) is 77.0. The van der Waals surface area contributed by atoms with Gasteiger partial charge in [-0.2, -0.15) is 0 Å². The first-order valence-corrected chi connectivity index (χ1v) is 2.28. The summed E-state index contributed by atoms with van der Waals surface area (Å²) in [7, 11) is 0. The van der Waals surface area contributed by atoms with E-state index in [2.05, 4.69) is 12.3 Å². The number of carboxylic acid groups (broad SMARTS) is 1. The summed E-state index contributed by atoms with van der Waals surface area (Å²) in [6.07, 6.45) is 4.82. The first-order valence-electron chi connectivity index (χ1n) is 2.28. The van der Waals surface area contributed by atoms with Crippen LogP contribution in [-0.4, -0.2) is 11.1 Å². The minimum atomic E-state index is -0.745. The van der Waals surface area contributed by atoms with E-state index < -0.39 is 5.97 Å². The Labute approximate surface area is 49.5 Å². The molecular weight excluding hydrogens is 104 g/mol. The summed E-state index contributed by atoms with van der Waals surface area (Å²) in [6.45, 7) is 3.25. The van der Waals surface area contributed by atoms with Crippen LogP contribution in [0.1, 0.15) is 20.3 Å². The molecule has 0 atom stereocenters. The normalized spacial score (nSPS) is 5.62. The highest BCUT2D eigenvalue weighted by atomic mass is 16.4. The molecule has 0 aliphatic heterocycles. The molecule has 0 aromatic heterocycles. The maximum Gasteiger partial charge on any atom is 0.303 e. The Kier molecular flexibility index (Phi) is 11.9. The highest BCUT2D eigenvalue weighted by Crippen LogP contribution is 1.67. The van der Waals surface area contributed by atoms with E-state index in [0.717, 1.165) is 0 Å². The summed E-state index contributed by atoms with van der Waals surface area (Å²) >= 11 is 0. The van der Waals surface area contributed by atoms with Crippen molar-refractivity contribution < 1.29 is 9.90 Å². The lowest BCUT2D eigenvalue weighted by Gasteiger charge is -1.71. The van der Waals surface area contributed by atoms with Gasteiger partial charge in [-0.3, -0.25) is 4.79 Å². The molecule has 0 heterocycles. The quantitative estimate of drug-likeness (QED) is 0.518. The monoisotopic (exact) mass is 114 g/mol. The zero-order chi connectivity index (χ0) is 6.99. The molecule has 0 aliphatic rings. The molecule has 8 heavy (non-hydrogen) atoms. The number of hydrogen-bond donors (Lipinski definition) is 1. The molecule has 0 aromatic rings. The number of carboxylic acids is 1. The summed E-state index contributed by atoms with van der Waals surface area (Å²) in [5.74, 6) is 1.50. The van der Waals surface area contributed by atoms with Gasteiger partial charge in [-0.15, -0.1) is 12.3 Å². The van der Waals surface area contributed by atoms with Crippen molar-refractivity contribution in [2.24, 2.45) is 0 Å². The summed E-state index contributed by atoms with van der Waals surface area (Å²) in [5.41, 5.74) is 0. The Bertz CT molecular complexity index is 89.2. The zero-order valence-corrected chi connectivity index (χ0v) is 5.14. The molecule has 0 fully saturated rings. The Hall–Kier alpha value is -0.970. The van der Waals surface area contributed by atoms with Crippen molar-refractivity contribution in [3.8, 4) is 12.3 Å². The van der Waals surface area contributed by atoms with Crippen LogP contribution >= 0.6 is 0 Å². The predicted molar refractivity (Wildman–Crippen MR) is 32.4 cm³/mol. The zero-order valence-electron chi connectivity index (χ0n) is 5.14. The Balaban J connectivity index is 0. The second-order valence-corrected chi connectivity index (χ2v) is 1.04. The van der Waals surface area contributed by atoms with Crippen molar-refractivity contribution in [3.63, 3.8) is 0 Å². The van der Waals surface area contributed by atoms with Crippen LogP contribution in [0, 0.1) is 12.3 Å². The van der Waals surface area contributed by atoms with Crippen LogP contribution in [0.5, 0.6) is 0 Å². The maximum atomic E-state index is 9.37. The summed E-state index contributed by atoms with van der Waals surface area (Å²) < 4.78 is 0. The Morgan fingerprint density at radius 2 is 2.00 bits per heavy atom. The number of terminal acetylenes is 1. The molecule has 46 valence electrons. The fourth-order valence-corrected chi connectivity index (χ4v) is 0. The minimum Gasteiger partial charge on any atom is -0.481 e. The van der Waals surface area contributed by atoms with Gasteiger partial charge in [0.15, 0.2) is 0 Å². The first-order chi connectivity index (χ1) is 3.68. The van der Waals surface area contributed by atoms with Crippen LogP contribution in [0.4, 0.5) is 0 Å². The Morgan fingerprint density at radius 3 is 2.00 bits per heavy atom. The summed E-state index contributed by atoms with van der Waals surface area (Å²) in [4.78, 5) is 9.37. The van der Waals surface area contributed by atoms with Gasteiger partial charge >= 0.3 is 5.97 Å². The predicted octanol–water partition coefficient (Wildman–Crippen LogP) is 1.12. The van der Waals surface area contributed by atoms with Gasteiger partial charge < -0.3 is 5.11 Å². The van der Waals surface area contributed by atoms with Crippen LogP contribution in [0.15, 0.2) is 0 Å². The van der Waals surface area contributed by atoms with E-state index >= 15 is 0 Å². The van der Waals surface area contributed by atoms with Crippen LogP contribution < -0.4 is 0 Å². The van der Waals surface area contributed by atoms with E-state index in [9.17, 15) is 4.79 Å². The number of aliphatic carboxylic acids is 1. The number of carbonyl (C=O) groups is 1. The van der Waals surface area contributed by atoms with E-state index in [1.165, 1.54) is 0 Å². The van der Waals surface area contributed by atoms with Crippen molar-refractivity contribution >= 4 is 5.97 Å². The van der Waals surface area contributed by atoms with Crippen molar-refractivity contribution in [3.05, 3.63) is 0 Å². The van der Waals surface area contributed by atoms with Gasteiger partial charge in [0.1, 0.15) is 0 Å². The van der Waals surface area contributed by atoms with Crippen LogP contribution in [0.25, 0.3) is 0 Å². The highest BCUT2D eigenvalue weighted by Gasteiger charge is 1.80. The SMILES string of the molecule is C#CC.CCC(=O)O. The Morgan fingerprint density at radius 1 is 1.88 bits per heavy atom. The molecule has 1 N–H and O–H groups in total. The van der Waals surface area contributed by atoms with Gasteiger partial charge in [0.2, 0.25) is 0 Å². The smallest absolute Gasteiger partial charge is 0.303 e. The average Bonchev–Trinajstić information content (AvgIpc) is 1.69. The van der Waals surface area contributed by atoms with E-state index in [4.69, 9.17) is 5.11 Å². The topological polar surface area (TPSA) is 37.3 Å². The van der Waals surface area contributed by atoms with Crippen molar-refractivity contribution in [2.45, 2.75) is 20.3 Å². The molecule has 0 saturated carbocycles. The molecule has 0 unspecified atom stereocenters. The lowest BCUT2D eigenvalue weighted by atomic mass is 10.5. The molecule has 2 heteroatoms. The van der Waals surface area contributed by atoms with Crippen molar-refractivity contribution in [1.29, 1.82) is 0 Å². The molecule has 0 saturated heterocycles. The molecule has 0 amide bonds. The van der Waals surface area contributed by atoms with Crippen LogP contribution in [0.2, 0.25) is 0 Å². The van der Waals surface area contributed by atoms with E-state index in [1.54, 1.807) is 13.8 Å². The molecule has 0 rings (SSSR count). The third-order valence-corrected chi connectivity index (χ3v) is 0.302. The maximum absolute atomic E-state index is 9.37. The van der Waals surface area contributed by atoms with Gasteiger partial charge in [0, 0.05) is 6.42 Å². The van der Waals surface area contributed by atoms with Gasteiger partial charge in [-0.25, -0.2) is 0 Å². The van der Waals surface area contributed by atoms with Gasteiger partial charge in [0.25, 0.3) is 0 Å². The average molecular weight is 114 g/mol. The second-order valence-electron chi connectivity index (χ2n) is 1.04. The largest absolute Gasteiger partial charge is 0.481 e. The van der Waals surface area contributed by atoms with Crippen LogP contribution in [0.3, 0.4) is 0 Å². The molecule has 0 radical (unpaired) electrons. The van der Waals surface area contributed by atoms with E-state index in [0.29, 0.717) is 0 Å². The number of hydrogen-bond acceptors (Lipinski definition) is 1. The molecule has 0 aliphatic carbocycles. The fraction of sp³-hybridized carbons (Fsp3) is 0.500. The van der Waals surface area contributed by atoms with Gasteiger partial charge in [-0.1, -0.05) is 6.92 Å². The van der Waals surface area contributed by atoms with Crippen molar-refractivity contribution in [2.75, 3.05) is 0 Å². The minimum absolute atomic E-state index is 0.222. The van der Waals surface area contributed by atoms with E-state index in [1.807, 2.05) is 0 Å². The third-order valence-electron chi connectivity index (χ3n) is 0.302. The molecular formula is C6H10O2. The van der Waals surface area contributed by atoms with Gasteiger partial charge in [-0.05, 0) is 6.92 Å². The van der Waals surface area contributed by atoms with E-state index in [-0.39, 0.29) is 6.42 Å². The standard InChI is InChI=1S/C3H6O2.C3H4/c1-2-3(4)5;1-3-2/h2H2,1H3,(H,4,5);1H,2H3. The lowest BCUT2D eigenvalue weighted by Crippen LogP contribution is -1.86. The molecule has 0 aromatic carbocycles. The van der Waals surface area contributed by atoms with Crippen LogP contribution in [-0.2, 0) is 4.79 Å². The first kappa shape index (κ1) is 10.1. The number of rotatable bonds is 1. The highest BCUT2D eigenvalue weighted by molar-refractivity contribution is 5.66. The molecule has 2 nitrogen and oxygen atoms in total. The summed E-state index contributed by atoms with van der Waals surface area (Å²) in [6, 6.07) is 0. The lowest BCUT2D eigenvalue weighted by molar-refractivity contribution is -0.136. The molecule has 0 bridgehead atoms.